The van der Waals surface area contributed by atoms with E-state index in [4.69, 9.17) is 4.74 Å². The van der Waals surface area contributed by atoms with Crippen LogP contribution < -0.4 is 10.1 Å². The molecular formula is C19H21NO. The highest BCUT2D eigenvalue weighted by atomic mass is 16.5. The van der Waals surface area contributed by atoms with Crippen LogP contribution in [-0.2, 0) is 13.0 Å². The highest BCUT2D eigenvalue weighted by Gasteiger charge is 2.26. The monoisotopic (exact) mass is 279 g/mol. The van der Waals surface area contributed by atoms with Crippen molar-refractivity contribution in [3.05, 3.63) is 65.2 Å². The van der Waals surface area contributed by atoms with Crippen molar-refractivity contribution in [2.45, 2.75) is 37.8 Å². The predicted molar refractivity (Wildman–Crippen MR) is 84.7 cm³/mol. The van der Waals surface area contributed by atoms with Crippen LogP contribution in [0.1, 0.15) is 35.4 Å². The molecule has 0 aliphatic heterocycles. The molecule has 1 unspecified atom stereocenters. The van der Waals surface area contributed by atoms with Crippen LogP contribution >= 0.6 is 0 Å². The maximum Gasteiger partial charge on any atom is 0.123 e. The first kappa shape index (κ1) is 12.9. The van der Waals surface area contributed by atoms with Gasteiger partial charge in [0.05, 0.1) is 6.61 Å². The summed E-state index contributed by atoms with van der Waals surface area (Å²) in [5.74, 6) is 1.60. The van der Waals surface area contributed by atoms with Crippen LogP contribution in [0, 0.1) is 0 Å². The van der Waals surface area contributed by atoms with E-state index in [1.807, 2.05) is 0 Å². The summed E-state index contributed by atoms with van der Waals surface area (Å²) in [5.41, 5.74) is 4.22. The van der Waals surface area contributed by atoms with E-state index < -0.39 is 0 Å². The van der Waals surface area contributed by atoms with Crippen molar-refractivity contribution in [1.29, 1.82) is 0 Å². The Kier molecular flexibility index (Phi) is 3.40. The minimum Gasteiger partial charge on any atom is -0.493 e. The summed E-state index contributed by atoms with van der Waals surface area (Å²) in [7, 11) is 0. The number of rotatable bonds is 6. The third-order valence-electron chi connectivity index (χ3n) is 4.53. The molecule has 2 heteroatoms. The zero-order valence-corrected chi connectivity index (χ0v) is 12.2. The van der Waals surface area contributed by atoms with Gasteiger partial charge in [-0.2, -0.15) is 0 Å². The summed E-state index contributed by atoms with van der Waals surface area (Å²) in [6.45, 7) is 1.71. The fraction of sp³-hybridized carbons (Fsp3) is 0.368. The largest absolute Gasteiger partial charge is 0.493 e. The quantitative estimate of drug-likeness (QED) is 0.871. The summed E-state index contributed by atoms with van der Waals surface area (Å²) < 4.78 is 6.11. The van der Waals surface area contributed by atoms with Crippen molar-refractivity contribution in [2.75, 3.05) is 6.61 Å². The van der Waals surface area contributed by atoms with Crippen LogP contribution in [0.2, 0.25) is 0 Å². The number of nitrogens with one attached hydrogen (secondary N) is 1. The van der Waals surface area contributed by atoms with Gasteiger partial charge < -0.3 is 10.1 Å². The van der Waals surface area contributed by atoms with Gasteiger partial charge in [0, 0.05) is 24.1 Å². The zero-order chi connectivity index (χ0) is 14.1. The third-order valence-corrected chi connectivity index (χ3v) is 4.53. The van der Waals surface area contributed by atoms with E-state index in [9.17, 15) is 0 Å². The topological polar surface area (TPSA) is 21.3 Å². The number of hydrogen-bond donors (Lipinski definition) is 1. The Balaban J connectivity index is 1.38. The summed E-state index contributed by atoms with van der Waals surface area (Å²) in [5, 5.41) is 3.56. The van der Waals surface area contributed by atoms with Crippen molar-refractivity contribution in [1.82, 2.24) is 5.32 Å². The number of ether oxygens (including phenoxy) is 1. The van der Waals surface area contributed by atoms with E-state index in [-0.39, 0.29) is 0 Å². The van der Waals surface area contributed by atoms with E-state index in [0.717, 1.165) is 31.4 Å². The minimum absolute atomic E-state index is 0.561. The van der Waals surface area contributed by atoms with Gasteiger partial charge in [-0.15, -0.1) is 0 Å². The molecule has 0 saturated heterocycles. The van der Waals surface area contributed by atoms with Crippen molar-refractivity contribution < 1.29 is 4.74 Å². The van der Waals surface area contributed by atoms with Gasteiger partial charge in [-0.25, -0.2) is 0 Å². The first-order valence-corrected chi connectivity index (χ1v) is 7.92. The van der Waals surface area contributed by atoms with E-state index in [2.05, 4.69) is 53.8 Å². The second-order valence-electron chi connectivity index (χ2n) is 6.17. The first-order chi connectivity index (χ1) is 10.4. The van der Waals surface area contributed by atoms with Crippen molar-refractivity contribution >= 4 is 0 Å². The Hall–Kier alpha value is -1.80. The molecular weight excluding hydrogens is 258 g/mol. The molecule has 0 bridgehead atoms. The molecule has 2 aromatic rings. The molecule has 1 saturated carbocycles. The SMILES string of the molecule is c1ccc(OCC2Cc3ccccc32)c(CNC2CC2)c1. The van der Waals surface area contributed by atoms with Crippen LogP contribution in [0.5, 0.6) is 5.75 Å². The molecule has 108 valence electrons. The molecule has 0 aromatic heterocycles. The second kappa shape index (κ2) is 5.53. The molecule has 1 N–H and O–H groups in total. The molecule has 0 radical (unpaired) electrons. The van der Waals surface area contributed by atoms with Gasteiger partial charge >= 0.3 is 0 Å². The van der Waals surface area contributed by atoms with Gasteiger partial charge in [0.1, 0.15) is 5.75 Å². The predicted octanol–water partition coefficient (Wildman–Crippen LogP) is 3.66. The average Bonchev–Trinajstić information content (AvgIpc) is 3.31. The Bertz CT molecular complexity index is 633. The molecule has 1 fully saturated rings. The lowest BCUT2D eigenvalue weighted by Crippen LogP contribution is -2.23. The van der Waals surface area contributed by atoms with Crippen molar-refractivity contribution in [2.24, 2.45) is 0 Å². The highest BCUT2D eigenvalue weighted by molar-refractivity contribution is 5.40. The Morgan fingerprint density at radius 2 is 1.81 bits per heavy atom. The van der Waals surface area contributed by atoms with Crippen LogP contribution in [0.3, 0.4) is 0 Å². The second-order valence-corrected chi connectivity index (χ2v) is 6.17. The number of fused-ring (bicyclic) bond motifs is 1. The molecule has 2 aliphatic carbocycles. The summed E-state index contributed by atoms with van der Waals surface area (Å²) >= 11 is 0. The van der Waals surface area contributed by atoms with Gasteiger partial charge in [0.25, 0.3) is 0 Å². The molecule has 2 aliphatic rings. The fourth-order valence-electron chi connectivity index (χ4n) is 3.03. The van der Waals surface area contributed by atoms with E-state index in [1.54, 1.807) is 0 Å². The minimum atomic E-state index is 0.561. The van der Waals surface area contributed by atoms with Gasteiger partial charge in [-0.3, -0.25) is 0 Å². The van der Waals surface area contributed by atoms with Crippen LogP contribution in [0.25, 0.3) is 0 Å². The summed E-state index contributed by atoms with van der Waals surface area (Å²) in [6, 6.07) is 17.8. The molecule has 2 nitrogen and oxygen atoms in total. The molecule has 2 aromatic carbocycles. The van der Waals surface area contributed by atoms with E-state index >= 15 is 0 Å². The summed E-state index contributed by atoms with van der Waals surface area (Å²) in [4.78, 5) is 0. The number of benzene rings is 2. The normalized spacial score (nSPS) is 19.7. The third kappa shape index (κ3) is 2.81. The van der Waals surface area contributed by atoms with Crippen LogP contribution in [0.4, 0.5) is 0 Å². The Labute approximate surface area is 126 Å². The summed E-state index contributed by atoms with van der Waals surface area (Å²) in [6.07, 6.45) is 3.79. The molecule has 4 rings (SSSR count). The fourth-order valence-corrected chi connectivity index (χ4v) is 3.03. The van der Waals surface area contributed by atoms with Crippen LogP contribution in [0.15, 0.2) is 48.5 Å². The van der Waals surface area contributed by atoms with Gasteiger partial charge in [-0.05, 0) is 36.5 Å². The average molecular weight is 279 g/mol. The lowest BCUT2D eigenvalue weighted by molar-refractivity contribution is 0.272. The molecule has 0 heterocycles. The smallest absolute Gasteiger partial charge is 0.123 e. The van der Waals surface area contributed by atoms with Crippen LogP contribution in [-0.4, -0.2) is 12.6 Å². The van der Waals surface area contributed by atoms with Gasteiger partial charge in [0.15, 0.2) is 0 Å². The lowest BCUT2D eigenvalue weighted by Gasteiger charge is -2.30. The molecule has 0 amide bonds. The molecule has 1 atom stereocenters. The number of para-hydroxylation sites is 1. The Morgan fingerprint density at radius 1 is 1.00 bits per heavy atom. The van der Waals surface area contributed by atoms with E-state index in [1.165, 1.54) is 29.5 Å². The Morgan fingerprint density at radius 3 is 2.67 bits per heavy atom. The van der Waals surface area contributed by atoms with Crippen molar-refractivity contribution in [3.63, 3.8) is 0 Å². The zero-order valence-electron chi connectivity index (χ0n) is 12.2. The van der Waals surface area contributed by atoms with Gasteiger partial charge in [0.2, 0.25) is 0 Å². The highest BCUT2D eigenvalue weighted by Crippen LogP contribution is 2.35. The van der Waals surface area contributed by atoms with Gasteiger partial charge in [-0.1, -0.05) is 42.5 Å². The lowest BCUT2D eigenvalue weighted by atomic mass is 9.78. The number of hydrogen-bond acceptors (Lipinski definition) is 2. The maximum atomic E-state index is 6.11. The standard InChI is InChI=1S/C19H21NO/c1-3-7-18-14(5-1)11-16(18)13-21-19-8-4-2-6-15(19)12-20-17-9-10-17/h1-8,16-17,20H,9-13H2. The molecule has 21 heavy (non-hydrogen) atoms. The maximum absolute atomic E-state index is 6.11. The van der Waals surface area contributed by atoms with E-state index in [0.29, 0.717) is 5.92 Å². The molecule has 0 spiro atoms. The van der Waals surface area contributed by atoms with Crippen molar-refractivity contribution in [3.8, 4) is 5.75 Å². The first-order valence-electron chi connectivity index (χ1n) is 7.92.